The molecule has 4 aliphatic rings. The van der Waals surface area contributed by atoms with E-state index in [0.717, 1.165) is 0 Å². The van der Waals surface area contributed by atoms with Crippen molar-refractivity contribution in [1.82, 2.24) is 0 Å². The molecule has 0 spiro atoms. The maximum atomic E-state index is 15.5. The van der Waals surface area contributed by atoms with Gasteiger partial charge in [0.2, 0.25) is 16.2 Å². The van der Waals surface area contributed by atoms with Gasteiger partial charge < -0.3 is 15.3 Å². The average molecular weight is 718 g/mol. The molecule has 0 saturated heterocycles. The summed E-state index contributed by atoms with van der Waals surface area (Å²) in [6.45, 7) is 0. The highest BCUT2D eigenvalue weighted by atomic mass is 19.4. The zero-order valence-corrected chi connectivity index (χ0v) is 18.8. The minimum atomic E-state index is -10.0. The molecule has 260 valence electrons. The second kappa shape index (κ2) is 7.48. The molecular weight excluding hydrogens is 715 g/mol. The Kier molecular flexibility index (Phi) is 6.22. The lowest BCUT2D eigenvalue weighted by Crippen LogP contribution is -3.10. The van der Waals surface area contributed by atoms with Crippen molar-refractivity contribution >= 4 is 0 Å². The van der Waals surface area contributed by atoms with Gasteiger partial charge in [0.1, 0.15) is 0 Å². The van der Waals surface area contributed by atoms with E-state index in [4.69, 9.17) is 15.3 Å². The molecule has 0 radical (unpaired) electrons. The molecule has 4 bridgehead atoms. The molecule has 0 amide bonds. The van der Waals surface area contributed by atoms with Crippen LogP contribution in [0.25, 0.3) is 0 Å². The van der Waals surface area contributed by atoms with Gasteiger partial charge in [0.25, 0.3) is 17.8 Å². The second-order valence-electron chi connectivity index (χ2n) is 9.70. The summed E-state index contributed by atoms with van der Waals surface area (Å²) in [6, 6.07) is 0. The summed E-state index contributed by atoms with van der Waals surface area (Å²) in [7, 11) is 0. The Hall–Kier alpha value is -1.87. The van der Waals surface area contributed by atoms with E-state index in [0.29, 0.717) is 0 Å². The van der Waals surface area contributed by atoms with E-state index in [1.165, 1.54) is 0 Å². The third kappa shape index (κ3) is 2.40. The fraction of sp³-hybridized carbons (Fsp3) is 1.00. The van der Waals surface area contributed by atoms with Gasteiger partial charge in [-0.15, -0.1) is 0 Å². The van der Waals surface area contributed by atoms with Gasteiger partial charge in [0, 0.05) is 0 Å². The lowest BCUT2D eigenvalue weighted by Gasteiger charge is -2.80. The van der Waals surface area contributed by atoms with Crippen molar-refractivity contribution in [3.8, 4) is 0 Å². The van der Waals surface area contributed by atoms with Crippen LogP contribution in [-0.2, 0) is 0 Å². The summed E-state index contributed by atoms with van der Waals surface area (Å²) in [6.07, 6.45) is -25.7. The smallest absolute Gasteiger partial charge is 0.332 e. The molecule has 3 N–H and O–H groups in total. The van der Waals surface area contributed by atoms with Gasteiger partial charge in [-0.05, 0) is 0 Å². The van der Waals surface area contributed by atoms with Crippen LogP contribution in [0.4, 0.5) is 110 Å². The highest BCUT2D eigenvalue weighted by Crippen LogP contribution is 2.99. The Morgan fingerprint density at radius 1 is 0.273 bits per heavy atom. The second-order valence-corrected chi connectivity index (χ2v) is 9.70. The van der Waals surface area contributed by atoms with Crippen LogP contribution in [0.15, 0.2) is 0 Å². The lowest BCUT2D eigenvalue weighted by molar-refractivity contribution is -0.685. The van der Waals surface area contributed by atoms with Gasteiger partial charge in [0.15, 0.2) is 0 Å². The standard InChI is InChI=1S/C16H3F25O3/c17-4-8(24,25)1(11(30,31)14(36,37)42)5(18,19)2(9(4,26)27,12(32,33)15(38,39)43)7(22,23)3(6(1,20)21,10(4,28)29)13(34,35)16(40,41)44/h42-44H. The minimum absolute atomic E-state index is 8.13. The van der Waals surface area contributed by atoms with Crippen LogP contribution < -0.4 is 0 Å². The Morgan fingerprint density at radius 3 is 0.523 bits per heavy atom. The van der Waals surface area contributed by atoms with Crippen molar-refractivity contribution in [2.45, 2.75) is 77.3 Å². The zero-order chi connectivity index (χ0) is 36.0. The maximum Gasteiger partial charge on any atom is 0.418 e. The van der Waals surface area contributed by atoms with Gasteiger partial charge >= 0.3 is 59.5 Å². The molecule has 4 rings (SSSR count). The van der Waals surface area contributed by atoms with Crippen molar-refractivity contribution in [3.05, 3.63) is 0 Å². The Labute approximate surface area is 220 Å². The first-order valence-electron chi connectivity index (χ1n) is 9.90. The molecule has 3 nitrogen and oxygen atoms in total. The molecule has 0 atom stereocenters. The van der Waals surface area contributed by atoms with Crippen LogP contribution in [0.2, 0.25) is 0 Å². The number of hydrogen-bond donors (Lipinski definition) is 3. The van der Waals surface area contributed by atoms with Crippen LogP contribution in [-0.4, -0.2) is 92.6 Å². The van der Waals surface area contributed by atoms with Gasteiger partial charge in [-0.25, -0.2) is 57.1 Å². The van der Waals surface area contributed by atoms with E-state index < -0.39 is 93.5 Å². The van der Waals surface area contributed by atoms with Gasteiger partial charge in [0.05, 0.1) is 0 Å². The molecular formula is C16H3F25O3. The fourth-order valence-electron chi connectivity index (χ4n) is 6.44. The van der Waals surface area contributed by atoms with Crippen molar-refractivity contribution in [1.29, 1.82) is 0 Å². The van der Waals surface area contributed by atoms with Crippen molar-refractivity contribution < 1.29 is 125 Å². The van der Waals surface area contributed by atoms with Crippen LogP contribution in [0.5, 0.6) is 0 Å². The number of halogens is 25. The molecule has 0 aromatic carbocycles. The molecule has 44 heavy (non-hydrogen) atoms. The monoisotopic (exact) mass is 718 g/mol. The predicted octanol–water partition coefficient (Wildman–Crippen LogP) is 6.17. The molecule has 4 saturated carbocycles. The lowest BCUT2D eigenvalue weighted by atomic mass is 9.26. The molecule has 0 aromatic rings. The van der Waals surface area contributed by atoms with E-state index in [2.05, 4.69) is 0 Å². The van der Waals surface area contributed by atoms with Crippen LogP contribution in [0.3, 0.4) is 0 Å². The van der Waals surface area contributed by atoms with Crippen LogP contribution in [0.1, 0.15) is 0 Å². The van der Waals surface area contributed by atoms with E-state index in [1.54, 1.807) is 0 Å². The first-order valence-corrected chi connectivity index (χ1v) is 9.90. The average Bonchev–Trinajstić information content (AvgIpc) is 2.65. The molecule has 4 fully saturated rings. The van der Waals surface area contributed by atoms with Crippen LogP contribution >= 0.6 is 0 Å². The SMILES string of the molecule is OC(F)(F)C(F)(F)C12C(F)(F)C3(F)C(F)(F)C(C(F)(F)C(O)(F)F)(C1(F)F)C(F)(F)C(C(F)(F)C(O)(F)F)(C3(F)F)C2(F)F. The summed E-state index contributed by atoms with van der Waals surface area (Å²) in [4.78, 5) is 0. The van der Waals surface area contributed by atoms with Gasteiger partial charge in [-0.2, -0.15) is 52.7 Å². The Morgan fingerprint density at radius 2 is 0.409 bits per heavy atom. The largest absolute Gasteiger partial charge is 0.418 e. The molecule has 0 unspecified atom stereocenters. The first-order chi connectivity index (χ1) is 18.5. The molecule has 28 heteroatoms. The van der Waals surface area contributed by atoms with E-state index in [9.17, 15) is 52.7 Å². The molecule has 0 aliphatic heterocycles. The molecule has 0 aromatic heterocycles. The number of aliphatic hydroxyl groups is 3. The summed E-state index contributed by atoms with van der Waals surface area (Å²) in [5.41, 5.74) is -39.8. The summed E-state index contributed by atoms with van der Waals surface area (Å²) >= 11 is 0. The predicted molar refractivity (Wildman–Crippen MR) is 77.2 cm³/mol. The maximum absolute atomic E-state index is 15.5. The first kappa shape index (κ1) is 36.6. The van der Waals surface area contributed by atoms with Crippen molar-refractivity contribution in [2.24, 2.45) is 16.2 Å². The summed E-state index contributed by atoms with van der Waals surface area (Å²) < 4.78 is 367. The topological polar surface area (TPSA) is 60.7 Å². The van der Waals surface area contributed by atoms with Gasteiger partial charge in [-0.1, -0.05) is 0 Å². The van der Waals surface area contributed by atoms with E-state index in [1.807, 2.05) is 0 Å². The Bertz CT molecular complexity index is 1080. The van der Waals surface area contributed by atoms with Crippen LogP contribution in [0, 0.1) is 16.2 Å². The quantitative estimate of drug-likeness (QED) is 0.289. The summed E-state index contributed by atoms with van der Waals surface area (Å²) in [5, 5.41) is 24.4. The molecule has 0 heterocycles. The highest BCUT2D eigenvalue weighted by molar-refractivity contribution is 5.55. The fourth-order valence-corrected chi connectivity index (χ4v) is 6.44. The third-order valence-corrected chi connectivity index (χ3v) is 8.08. The number of hydrogen-bond acceptors (Lipinski definition) is 3. The third-order valence-electron chi connectivity index (χ3n) is 8.08. The van der Waals surface area contributed by atoms with E-state index in [-0.39, 0.29) is 0 Å². The zero-order valence-electron chi connectivity index (χ0n) is 18.8. The Balaban J connectivity index is 3.14. The van der Waals surface area contributed by atoms with Crippen molar-refractivity contribution in [2.75, 3.05) is 0 Å². The van der Waals surface area contributed by atoms with E-state index >= 15 is 57.1 Å². The highest BCUT2D eigenvalue weighted by Gasteiger charge is 3.28. The summed E-state index contributed by atoms with van der Waals surface area (Å²) in [5.74, 6) is -87.9. The number of rotatable bonds is 6. The number of alkyl halides is 25. The van der Waals surface area contributed by atoms with Gasteiger partial charge in [-0.3, -0.25) is 0 Å². The minimum Gasteiger partial charge on any atom is -0.332 e. The molecule has 4 aliphatic carbocycles. The normalized spacial score (nSPS) is 39.0. The van der Waals surface area contributed by atoms with Crippen molar-refractivity contribution in [3.63, 3.8) is 0 Å².